The van der Waals surface area contributed by atoms with Gasteiger partial charge in [-0.25, -0.2) is 9.50 Å². The van der Waals surface area contributed by atoms with E-state index in [9.17, 15) is 0 Å². The molecule has 19 heavy (non-hydrogen) atoms. The zero-order valence-corrected chi connectivity index (χ0v) is 10.7. The van der Waals surface area contributed by atoms with Crippen molar-refractivity contribution >= 4 is 17.0 Å². The van der Waals surface area contributed by atoms with Crippen molar-refractivity contribution in [3.8, 4) is 21.8 Å². The lowest BCUT2D eigenvalue weighted by atomic mass is 10.2. The summed E-state index contributed by atoms with van der Waals surface area (Å²) in [6.07, 6.45) is 5.19. The third kappa shape index (κ3) is 1.67. The maximum atomic E-state index is 5.10. The molecule has 5 heteroatoms. The first-order valence-electron chi connectivity index (χ1n) is 5.83. The normalized spacial score (nSPS) is 11.2. The molecular formula is C14H9N3OS. The Labute approximate surface area is 113 Å². The van der Waals surface area contributed by atoms with E-state index in [0.717, 1.165) is 27.5 Å². The van der Waals surface area contributed by atoms with E-state index >= 15 is 0 Å². The fraction of sp³-hybridized carbons (Fsp3) is 0. The lowest BCUT2D eigenvalue weighted by Crippen LogP contribution is -1.95. The second-order valence-electron chi connectivity index (χ2n) is 4.12. The Morgan fingerprint density at radius 1 is 1.16 bits per heavy atom. The molecule has 0 aliphatic heterocycles. The van der Waals surface area contributed by atoms with Gasteiger partial charge in [0, 0.05) is 5.56 Å². The fourth-order valence-electron chi connectivity index (χ4n) is 2.03. The van der Waals surface area contributed by atoms with Gasteiger partial charge in [-0.3, -0.25) is 0 Å². The molecule has 0 bridgehead atoms. The SMILES string of the molecule is c1csc(-c2cnc3ccc(-c4ccoc4)nn23)c1. The Balaban J connectivity index is 1.95. The highest BCUT2D eigenvalue weighted by Gasteiger charge is 2.09. The largest absolute Gasteiger partial charge is 0.472 e. The molecular weight excluding hydrogens is 258 g/mol. The number of imidazole rings is 1. The van der Waals surface area contributed by atoms with Crippen LogP contribution in [0, 0.1) is 0 Å². The van der Waals surface area contributed by atoms with Crippen LogP contribution < -0.4 is 0 Å². The van der Waals surface area contributed by atoms with Crippen LogP contribution in [0.25, 0.3) is 27.5 Å². The molecule has 92 valence electrons. The van der Waals surface area contributed by atoms with Gasteiger partial charge < -0.3 is 4.42 Å². The maximum absolute atomic E-state index is 5.10. The van der Waals surface area contributed by atoms with Crippen molar-refractivity contribution in [3.63, 3.8) is 0 Å². The van der Waals surface area contributed by atoms with Gasteiger partial charge in [0.1, 0.15) is 5.69 Å². The van der Waals surface area contributed by atoms with Crippen molar-refractivity contribution in [1.29, 1.82) is 0 Å². The standard InChI is InChI=1S/C14H9N3OS/c1-2-13(19-7-1)12-8-15-14-4-3-11(16-17(12)14)10-5-6-18-9-10/h1-9H. The molecule has 4 heterocycles. The second kappa shape index (κ2) is 4.07. The number of nitrogens with zero attached hydrogens (tertiary/aromatic N) is 3. The zero-order valence-electron chi connectivity index (χ0n) is 9.85. The van der Waals surface area contributed by atoms with E-state index in [0.29, 0.717) is 0 Å². The molecule has 0 atom stereocenters. The van der Waals surface area contributed by atoms with Crippen LogP contribution in [0.1, 0.15) is 0 Å². The molecule has 4 aromatic rings. The third-order valence-electron chi connectivity index (χ3n) is 2.95. The minimum atomic E-state index is 0.843. The van der Waals surface area contributed by atoms with Crippen LogP contribution in [0.3, 0.4) is 0 Å². The van der Waals surface area contributed by atoms with E-state index in [1.54, 1.807) is 23.9 Å². The van der Waals surface area contributed by atoms with Crippen LogP contribution in [-0.4, -0.2) is 14.6 Å². The monoisotopic (exact) mass is 267 g/mol. The van der Waals surface area contributed by atoms with Crippen molar-refractivity contribution < 1.29 is 4.42 Å². The summed E-state index contributed by atoms with van der Waals surface area (Å²) < 4.78 is 6.97. The first kappa shape index (κ1) is 10.5. The van der Waals surface area contributed by atoms with Gasteiger partial charge >= 0.3 is 0 Å². The summed E-state index contributed by atoms with van der Waals surface area (Å²) in [5.41, 5.74) is 3.69. The molecule has 0 radical (unpaired) electrons. The van der Waals surface area contributed by atoms with Crippen LogP contribution in [0.2, 0.25) is 0 Å². The van der Waals surface area contributed by atoms with Crippen molar-refractivity contribution in [3.05, 3.63) is 54.4 Å². The molecule has 0 spiro atoms. The molecule has 0 aliphatic carbocycles. The predicted molar refractivity (Wildman–Crippen MR) is 74.0 cm³/mol. The summed E-state index contributed by atoms with van der Waals surface area (Å²) in [6, 6.07) is 9.91. The first-order valence-corrected chi connectivity index (χ1v) is 6.71. The Kier molecular flexibility index (Phi) is 2.25. The van der Waals surface area contributed by atoms with Crippen LogP contribution in [-0.2, 0) is 0 Å². The van der Waals surface area contributed by atoms with Gasteiger partial charge in [-0.15, -0.1) is 11.3 Å². The quantitative estimate of drug-likeness (QED) is 0.556. The second-order valence-corrected chi connectivity index (χ2v) is 5.07. The lowest BCUT2D eigenvalue weighted by Gasteiger charge is -2.01. The minimum Gasteiger partial charge on any atom is -0.472 e. The Morgan fingerprint density at radius 2 is 2.16 bits per heavy atom. The highest BCUT2D eigenvalue weighted by atomic mass is 32.1. The van der Waals surface area contributed by atoms with Gasteiger partial charge in [-0.05, 0) is 29.6 Å². The molecule has 0 aromatic carbocycles. The zero-order chi connectivity index (χ0) is 12.7. The van der Waals surface area contributed by atoms with Gasteiger partial charge in [0.25, 0.3) is 0 Å². The fourth-order valence-corrected chi connectivity index (χ4v) is 2.75. The number of rotatable bonds is 2. The van der Waals surface area contributed by atoms with Crippen LogP contribution in [0.4, 0.5) is 0 Å². The van der Waals surface area contributed by atoms with E-state index in [1.165, 1.54) is 0 Å². The van der Waals surface area contributed by atoms with Gasteiger partial charge in [-0.1, -0.05) is 6.07 Å². The molecule has 4 nitrogen and oxygen atoms in total. The van der Waals surface area contributed by atoms with Crippen LogP contribution >= 0.6 is 11.3 Å². The summed E-state index contributed by atoms with van der Waals surface area (Å²) >= 11 is 1.68. The van der Waals surface area contributed by atoms with Crippen LogP contribution in [0.5, 0.6) is 0 Å². The van der Waals surface area contributed by atoms with E-state index in [-0.39, 0.29) is 0 Å². The Bertz CT molecular complexity index is 816. The van der Waals surface area contributed by atoms with Crippen LogP contribution in [0.15, 0.2) is 58.9 Å². The summed E-state index contributed by atoms with van der Waals surface area (Å²) in [6.45, 7) is 0. The minimum absolute atomic E-state index is 0.843. The van der Waals surface area contributed by atoms with E-state index in [2.05, 4.69) is 21.5 Å². The molecule has 0 fully saturated rings. The number of aromatic nitrogens is 3. The molecule has 0 unspecified atom stereocenters. The Morgan fingerprint density at radius 3 is 2.95 bits per heavy atom. The van der Waals surface area contributed by atoms with Crippen molar-refractivity contribution in [2.75, 3.05) is 0 Å². The van der Waals surface area contributed by atoms with E-state index < -0.39 is 0 Å². The van der Waals surface area contributed by atoms with Gasteiger partial charge in [0.15, 0.2) is 5.65 Å². The molecule has 4 rings (SSSR count). The lowest BCUT2D eigenvalue weighted by molar-refractivity contribution is 0.568. The average Bonchev–Trinajstić information content (AvgIpc) is 3.18. The Hall–Kier alpha value is -2.40. The smallest absolute Gasteiger partial charge is 0.154 e. The highest BCUT2D eigenvalue weighted by Crippen LogP contribution is 2.26. The topological polar surface area (TPSA) is 43.3 Å². The first-order chi connectivity index (χ1) is 9.42. The number of hydrogen-bond acceptors (Lipinski definition) is 4. The number of fused-ring (bicyclic) bond motifs is 1. The van der Waals surface area contributed by atoms with Crippen molar-refractivity contribution in [1.82, 2.24) is 14.6 Å². The molecule has 0 saturated heterocycles. The predicted octanol–water partition coefficient (Wildman–Crippen LogP) is 3.72. The molecule has 0 aliphatic rings. The summed E-state index contributed by atoms with van der Waals surface area (Å²) in [7, 11) is 0. The van der Waals surface area contributed by atoms with Gasteiger partial charge in [-0.2, -0.15) is 5.10 Å². The maximum Gasteiger partial charge on any atom is 0.154 e. The highest BCUT2D eigenvalue weighted by molar-refractivity contribution is 7.13. The van der Waals surface area contributed by atoms with Crippen molar-refractivity contribution in [2.24, 2.45) is 0 Å². The molecule has 0 N–H and O–H groups in total. The van der Waals surface area contributed by atoms with Gasteiger partial charge in [0.2, 0.25) is 0 Å². The molecule has 0 amide bonds. The van der Waals surface area contributed by atoms with E-state index in [1.807, 2.05) is 35.0 Å². The summed E-state index contributed by atoms with van der Waals surface area (Å²) in [5, 5.41) is 6.68. The number of furan rings is 1. The molecule has 0 saturated carbocycles. The van der Waals surface area contributed by atoms with Gasteiger partial charge in [0.05, 0.1) is 29.3 Å². The van der Waals surface area contributed by atoms with E-state index in [4.69, 9.17) is 4.42 Å². The third-order valence-corrected chi connectivity index (χ3v) is 3.85. The molecule has 4 aromatic heterocycles. The summed E-state index contributed by atoms with van der Waals surface area (Å²) in [4.78, 5) is 5.54. The number of hydrogen-bond donors (Lipinski definition) is 0. The summed E-state index contributed by atoms with van der Waals surface area (Å²) in [5.74, 6) is 0. The van der Waals surface area contributed by atoms with Crippen molar-refractivity contribution in [2.45, 2.75) is 0 Å². The average molecular weight is 267 g/mol. The number of thiophene rings is 1.